The Morgan fingerprint density at radius 2 is 1.77 bits per heavy atom. The molecule has 4 amide bonds. The number of hydrogen-bond donors (Lipinski definition) is 5. The second-order valence-corrected chi connectivity index (χ2v) is 17.3. The highest BCUT2D eigenvalue weighted by atomic mass is 32.2. The number of fused-ring (bicyclic) bond motifs is 2. The van der Waals surface area contributed by atoms with Crippen LogP contribution in [0.3, 0.4) is 0 Å². The van der Waals surface area contributed by atoms with Crippen LogP contribution >= 0.6 is 0 Å². The molecule has 57 heavy (non-hydrogen) atoms. The number of nitrogens with two attached hydrogens (primary N) is 1. The smallest absolute Gasteiger partial charge is 0.407 e. The van der Waals surface area contributed by atoms with Crippen molar-refractivity contribution in [1.82, 2.24) is 25.2 Å². The van der Waals surface area contributed by atoms with Crippen LogP contribution in [0, 0.1) is 5.92 Å². The van der Waals surface area contributed by atoms with Gasteiger partial charge in [0.25, 0.3) is 5.91 Å². The van der Waals surface area contributed by atoms with Gasteiger partial charge in [0.1, 0.15) is 29.1 Å². The summed E-state index contributed by atoms with van der Waals surface area (Å²) in [6.45, 7) is 0.686. The van der Waals surface area contributed by atoms with E-state index in [1.54, 1.807) is 12.1 Å². The molecule has 3 heterocycles. The van der Waals surface area contributed by atoms with E-state index >= 15 is 0 Å². The van der Waals surface area contributed by atoms with Gasteiger partial charge in [0.15, 0.2) is 0 Å². The highest BCUT2D eigenvalue weighted by molar-refractivity contribution is 7.91. The standard InChI is InChI=1S/C40H52N6O10S/c41-28-23-34-35(47)44-40(38(51)45-57(53,54)30-18-19-30)24-27(40)13-6-2-1-3-7-15-32(36(48)46(34)25-28)43-39(52)56-21-9-5-4-8-20-55-29-14-10-12-26(22-29)31-16-11-17-33(42-31)37(49)50/h6,10-14,16-17,22,27-28,30,32,34H,1-5,7-9,15,18-21,23-25,41H2,(H,43,52)(H,44,47)(H,45,51)(H,49,50)/b13-6-/t27-,28-,32+,34+,40-/m1/s1. The lowest BCUT2D eigenvalue weighted by atomic mass is 10.0. The minimum Gasteiger partial charge on any atom is -0.494 e. The molecule has 4 aliphatic rings. The predicted octanol–water partition coefficient (Wildman–Crippen LogP) is 3.41. The number of sulfonamides is 1. The number of pyridine rings is 1. The van der Waals surface area contributed by atoms with Crippen LogP contribution in [0.4, 0.5) is 4.79 Å². The second kappa shape index (κ2) is 18.5. The SMILES string of the molecule is N[C@@H]1C[C@H]2C(=O)N[C@]3(C(=O)NS(=O)(=O)C4CC4)C[C@H]3/C=C\CCCCC[C@H](NC(=O)OCCCCCCOc3cccc(-c4cccc(C(=O)O)n4)c3)C(=O)N2C1. The second-order valence-electron chi connectivity index (χ2n) is 15.4. The van der Waals surface area contributed by atoms with Gasteiger partial charge in [-0.1, -0.05) is 43.2 Å². The molecule has 0 unspecified atom stereocenters. The molecule has 2 saturated carbocycles. The summed E-state index contributed by atoms with van der Waals surface area (Å²) < 4.78 is 38.8. The van der Waals surface area contributed by atoms with Gasteiger partial charge in [-0.3, -0.25) is 19.1 Å². The molecule has 0 bridgehead atoms. The maximum Gasteiger partial charge on any atom is 0.407 e. The number of rotatable bonds is 14. The van der Waals surface area contributed by atoms with Gasteiger partial charge >= 0.3 is 12.1 Å². The lowest BCUT2D eigenvalue weighted by Gasteiger charge is -2.30. The van der Waals surface area contributed by atoms with Crippen molar-refractivity contribution in [2.24, 2.45) is 11.7 Å². The van der Waals surface area contributed by atoms with E-state index in [-0.39, 0.29) is 31.7 Å². The van der Waals surface area contributed by atoms with Gasteiger partial charge in [-0.15, -0.1) is 0 Å². The summed E-state index contributed by atoms with van der Waals surface area (Å²) in [5.41, 5.74) is 6.05. The zero-order valence-electron chi connectivity index (χ0n) is 31.9. The van der Waals surface area contributed by atoms with E-state index in [0.29, 0.717) is 56.6 Å². The summed E-state index contributed by atoms with van der Waals surface area (Å²) in [4.78, 5) is 71.0. The van der Waals surface area contributed by atoms with Crippen molar-refractivity contribution in [3.05, 3.63) is 60.3 Å². The summed E-state index contributed by atoms with van der Waals surface area (Å²) in [5.74, 6) is -2.69. The van der Waals surface area contributed by atoms with E-state index < -0.39 is 74.6 Å². The number of benzene rings is 1. The van der Waals surface area contributed by atoms with Crippen LogP contribution in [-0.4, -0.2) is 102 Å². The molecule has 1 saturated heterocycles. The first-order valence-electron chi connectivity index (χ1n) is 19.8. The molecule has 0 radical (unpaired) electrons. The molecule has 2 aromatic rings. The fourth-order valence-electron chi connectivity index (χ4n) is 7.39. The Morgan fingerprint density at radius 1 is 1.00 bits per heavy atom. The molecule has 17 heteroatoms. The summed E-state index contributed by atoms with van der Waals surface area (Å²) >= 11 is 0. The average molecular weight is 809 g/mol. The van der Waals surface area contributed by atoms with Crippen molar-refractivity contribution in [2.75, 3.05) is 19.8 Å². The number of ether oxygens (including phenoxy) is 2. The summed E-state index contributed by atoms with van der Waals surface area (Å²) in [6, 6.07) is 9.64. The number of allylic oxidation sites excluding steroid dienone is 1. The van der Waals surface area contributed by atoms with Gasteiger partial charge in [0.05, 0.1) is 24.2 Å². The van der Waals surface area contributed by atoms with Crippen LogP contribution < -0.4 is 25.8 Å². The van der Waals surface area contributed by atoms with E-state index in [9.17, 15) is 37.5 Å². The number of aromatic nitrogens is 1. The van der Waals surface area contributed by atoms with Crippen LogP contribution in [0.25, 0.3) is 11.3 Å². The Bertz CT molecular complexity index is 1960. The zero-order chi connectivity index (χ0) is 40.6. The number of alkyl carbamates (subject to hydrolysis) is 1. The van der Waals surface area contributed by atoms with Crippen LogP contribution in [0.5, 0.6) is 5.75 Å². The van der Waals surface area contributed by atoms with E-state index in [2.05, 4.69) is 20.3 Å². The van der Waals surface area contributed by atoms with Crippen molar-refractivity contribution in [3.8, 4) is 17.0 Å². The first-order valence-corrected chi connectivity index (χ1v) is 21.4. The molecule has 1 aromatic heterocycles. The van der Waals surface area contributed by atoms with E-state index in [1.165, 1.54) is 11.0 Å². The average Bonchev–Trinajstić information content (AvgIpc) is 4.12. The Hall–Kier alpha value is -5.03. The van der Waals surface area contributed by atoms with Gasteiger partial charge in [-0.05, 0) is 94.9 Å². The third kappa shape index (κ3) is 10.9. The molecular formula is C40H52N6O10S. The summed E-state index contributed by atoms with van der Waals surface area (Å²) in [5, 5.41) is 14.2. The monoisotopic (exact) mass is 808 g/mol. The molecule has 2 aliphatic carbocycles. The van der Waals surface area contributed by atoms with Crippen molar-refractivity contribution in [3.63, 3.8) is 0 Å². The van der Waals surface area contributed by atoms with Crippen molar-refractivity contribution in [2.45, 2.75) is 112 Å². The Kier molecular flexibility index (Phi) is 13.5. The third-order valence-corrected chi connectivity index (χ3v) is 12.7. The fraction of sp³-hybridized carbons (Fsp3) is 0.550. The van der Waals surface area contributed by atoms with E-state index in [0.717, 1.165) is 37.7 Å². The molecule has 6 rings (SSSR count). The number of unbranched alkanes of at least 4 members (excludes halogenated alkanes) is 3. The minimum atomic E-state index is -3.85. The number of amides is 4. The quantitative estimate of drug-likeness (QED) is 0.136. The van der Waals surface area contributed by atoms with Crippen molar-refractivity contribution >= 4 is 39.8 Å². The Labute approximate surface area is 332 Å². The van der Waals surface area contributed by atoms with Gasteiger partial charge in [0.2, 0.25) is 21.8 Å². The van der Waals surface area contributed by atoms with E-state index in [1.807, 2.05) is 36.4 Å². The lowest BCUT2D eigenvalue weighted by Crippen LogP contribution is -2.58. The molecule has 6 N–H and O–H groups in total. The number of carboxylic acid groups (broad SMARTS) is 1. The lowest BCUT2D eigenvalue weighted by molar-refractivity contribution is -0.141. The molecule has 0 spiro atoms. The number of aromatic carboxylic acids is 1. The number of carbonyl (C=O) groups is 5. The van der Waals surface area contributed by atoms with Crippen LogP contribution in [0.15, 0.2) is 54.6 Å². The first kappa shape index (κ1) is 41.6. The molecule has 16 nitrogen and oxygen atoms in total. The van der Waals surface area contributed by atoms with Crippen LogP contribution in [-0.2, 0) is 29.1 Å². The summed E-state index contributed by atoms with van der Waals surface area (Å²) in [6.07, 6.45) is 10.6. The zero-order valence-corrected chi connectivity index (χ0v) is 32.7. The minimum absolute atomic E-state index is 0.0353. The van der Waals surface area contributed by atoms with Gasteiger partial charge < -0.3 is 35.8 Å². The molecular weight excluding hydrogens is 757 g/mol. The van der Waals surface area contributed by atoms with Crippen molar-refractivity contribution in [1.29, 1.82) is 0 Å². The molecule has 2 aliphatic heterocycles. The van der Waals surface area contributed by atoms with Gasteiger partial charge in [-0.2, -0.15) is 0 Å². The Morgan fingerprint density at radius 3 is 2.54 bits per heavy atom. The largest absolute Gasteiger partial charge is 0.494 e. The van der Waals surface area contributed by atoms with Crippen LogP contribution in [0.1, 0.15) is 94.0 Å². The number of nitrogens with one attached hydrogen (secondary N) is 3. The maximum absolute atomic E-state index is 14.0. The van der Waals surface area contributed by atoms with Crippen molar-refractivity contribution < 1.29 is 47.0 Å². The highest BCUT2D eigenvalue weighted by Gasteiger charge is 2.62. The highest BCUT2D eigenvalue weighted by Crippen LogP contribution is 2.46. The Balaban J connectivity index is 0.969. The van der Waals surface area contributed by atoms with Gasteiger partial charge in [-0.25, -0.2) is 23.0 Å². The molecule has 308 valence electrons. The number of carboxylic acids is 1. The molecule has 3 fully saturated rings. The topological polar surface area (TPSA) is 236 Å². The number of nitrogens with zero attached hydrogens (tertiary/aromatic N) is 2. The van der Waals surface area contributed by atoms with Gasteiger partial charge in [0, 0.05) is 24.1 Å². The molecule has 1 aromatic carbocycles. The predicted molar refractivity (Wildman–Crippen MR) is 208 cm³/mol. The van der Waals surface area contributed by atoms with Crippen LogP contribution in [0.2, 0.25) is 0 Å². The maximum atomic E-state index is 14.0. The number of hydrogen-bond acceptors (Lipinski definition) is 11. The van der Waals surface area contributed by atoms with E-state index in [4.69, 9.17) is 15.2 Å². The number of carbonyl (C=O) groups excluding carboxylic acids is 4. The normalized spacial score (nSPS) is 25.7. The fourth-order valence-corrected chi connectivity index (χ4v) is 8.75. The first-order chi connectivity index (χ1) is 27.4. The third-order valence-electron chi connectivity index (χ3n) is 10.8. The molecule has 5 atom stereocenters. The summed E-state index contributed by atoms with van der Waals surface area (Å²) in [7, 11) is -3.85.